The molecule has 2 heteroatoms. The Morgan fingerprint density at radius 3 is 1.45 bits per heavy atom. The van der Waals surface area contributed by atoms with E-state index in [1.807, 2.05) is 0 Å². The van der Waals surface area contributed by atoms with Gasteiger partial charge in [-0.25, -0.2) is 9.13 Å². The first-order valence-corrected chi connectivity index (χ1v) is 15.4. The molecule has 2 nitrogen and oxygen atoms in total. The third-order valence-electron chi connectivity index (χ3n) is 7.35. The summed E-state index contributed by atoms with van der Waals surface area (Å²) in [5.74, 6) is 1.61. The van der Waals surface area contributed by atoms with Gasteiger partial charge in [0, 0.05) is 6.42 Å². The molecular weight excluding hydrogens is 400 g/mol. The number of unbranched alkanes of at least 4 members (excludes halogenated alkanes) is 19. The van der Waals surface area contributed by atoms with Crippen molar-refractivity contribution in [3.8, 4) is 0 Å². The first-order chi connectivity index (χ1) is 16.3. The highest BCUT2D eigenvalue weighted by Crippen LogP contribution is 2.13. The van der Waals surface area contributed by atoms with Crippen molar-refractivity contribution in [3.63, 3.8) is 0 Å². The predicted molar refractivity (Wildman–Crippen MR) is 147 cm³/mol. The van der Waals surface area contributed by atoms with Crippen molar-refractivity contribution in [1.29, 1.82) is 0 Å². The van der Waals surface area contributed by atoms with Gasteiger partial charge in [-0.2, -0.15) is 0 Å². The zero-order valence-electron chi connectivity index (χ0n) is 23.2. The summed E-state index contributed by atoms with van der Waals surface area (Å²) in [5, 5.41) is 0. The second-order valence-electron chi connectivity index (χ2n) is 10.6. The fraction of sp³-hybridized carbons (Fsp3) is 0.903. The molecule has 1 aromatic rings. The van der Waals surface area contributed by atoms with Crippen LogP contribution in [0.15, 0.2) is 12.4 Å². The van der Waals surface area contributed by atoms with Gasteiger partial charge in [-0.3, -0.25) is 0 Å². The fourth-order valence-electron chi connectivity index (χ4n) is 5.09. The summed E-state index contributed by atoms with van der Waals surface area (Å²) < 4.78 is 5.21. The zero-order chi connectivity index (χ0) is 23.8. The number of hydrogen-bond acceptors (Lipinski definition) is 0. The molecule has 0 radical (unpaired) electrons. The number of nitrogens with zero attached hydrogens (tertiary/aromatic N) is 2. The van der Waals surface area contributed by atoms with Crippen LogP contribution in [0.25, 0.3) is 0 Å². The normalized spacial score (nSPS) is 11.5. The fourth-order valence-corrected chi connectivity index (χ4v) is 5.09. The Kier molecular flexibility index (Phi) is 21.1. The minimum absolute atomic E-state index is 1.23. The van der Waals surface area contributed by atoms with Crippen molar-refractivity contribution in [2.24, 2.45) is 0 Å². The SMILES string of the molecule is CCCCCCCCCCCc1n(CCCCCCCC)cc[n+]1CCCCCCCCC. The van der Waals surface area contributed by atoms with Crippen LogP contribution < -0.4 is 4.57 Å². The quantitative estimate of drug-likeness (QED) is 0.101. The van der Waals surface area contributed by atoms with Crippen molar-refractivity contribution in [3.05, 3.63) is 18.2 Å². The van der Waals surface area contributed by atoms with Gasteiger partial charge in [0.05, 0.1) is 13.1 Å². The molecule has 0 aliphatic heterocycles. The zero-order valence-corrected chi connectivity index (χ0v) is 23.2. The standard InChI is InChI=1S/C31H61N2/c1-4-7-10-13-16-17-18-20-23-26-31-32(27-24-21-15-12-9-6-3)29-30-33(31)28-25-22-19-14-11-8-5-2/h29-30H,4-28H2,1-3H3/q+1. The van der Waals surface area contributed by atoms with E-state index in [4.69, 9.17) is 0 Å². The molecule has 0 spiro atoms. The molecular formula is C31H61N2+. The van der Waals surface area contributed by atoms with Gasteiger partial charge in [0.15, 0.2) is 0 Å². The van der Waals surface area contributed by atoms with Gasteiger partial charge < -0.3 is 0 Å². The first kappa shape index (κ1) is 30.2. The molecule has 0 aliphatic carbocycles. The Hall–Kier alpha value is -0.790. The average molecular weight is 462 g/mol. The van der Waals surface area contributed by atoms with E-state index in [0.29, 0.717) is 0 Å². The minimum atomic E-state index is 1.23. The highest BCUT2D eigenvalue weighted by molar-refractivity contribution is 4.84. The van der Waals surface area contributed by atoms with Gasteiger partial charge in [0.2, 0.25) is 0 Å². The van der Waals surface area contributed by atoms with Crippen LogP contribution in [0.5, 0.6) is 0 Å². The lowest BCUT2D eigenvalue weighted by Gasteiger charge is -2.07. The lowest BCUT2D eigenvalue weighted by molar-refractivity contribution is -0.704. The summed E-state index contributed by atoms with van der Waals surface area (Å²) in [6, 6.07) is 0. The van der Waals surface area contributed by atoms with E-state index in [1.54, 1.807) is 5.82 Å². The molecule has 0 amide bonds. The largest absolute Gasteiger partial charge is 0.256 e. The molecule has 0 atom stereocenters. The molecule has 0 saturated carbocycles. The van der Waals surface area contributed by atoms with Crippen molar-refractivity contribution < 1.29 is 4.57 Å². The molecule has 194 valence electrons. The van der Waals surface area contributed by atoms with Crippen LogP contribution in [-0.2, 0) is 19.5 Å². The third-order valence-corrected chi connectivity index (χ3v) is 7.35. The lowest BCUT2D eigenvalue weighted by atomic mass is 10.1. The van der Waals surface area contributed by atoms with E-state index in [0.717, 1.165) is 0 Å². The molecule has 0 saturated heterocycles. The molecule has 0 aliphatic rings. The monoisotopic (exact) mass is 461 g/mol. The minimum Gasteiger partial charge on any atom is -0.234 e. The van der Waals surface area contributed by atoms with Crippen molar-refractivity contribution in [2.75, 3.05) is 0 Å². The van der Waals surface area contributed by atoms with E-state index in [-0.39, 0.29) is 0 Å². The van der Waals surface area contributed by atoms with Gasteiger partial charge in [0.1, 0.15) is 12.4 Å². The second kappa shape index (κ2) is 23.0. The summed E-state index contributed by atoms with van der Waals surface area (Å²) >= 11 is 0. The maximum absolute atomic E-state index is 2.61. The Labute approximate surface area is 208 Å². The summed E-state index contributed by atoms with van der Waals surface area (Å²) in [5.41, 5.74) is 0. The Morgan fingerprint density at radius 2 is 0.939 bits per heavy atom. The summed E-state index contributed by atoms with van der Waals surface area (Å²) in [7, 11) is 0. The number of aromatic nitrogens is 2. The molecule has 0 fully saturated rings. The van der Waals surface area contributed by atoms with Crippen molar-refractivity contribution >= 4 is 0 Å². The second-order valence-corrected chi connectivity index (χ2v) is 10.6. The Balaban J connectivity index is 2.38. The Morgan fingerprint density at radius 1 is 0.515 bits per heavy atom. The first-order valence-electron chi connectivity index (χ1n) is 15.4. The highest BCUT2D eigenvalue weighted by atomic mass is 15.1. The van der Waals surface area contributed by atoms with Crippen LogP contribution >= 0.6 is 0 Å². The van der Waals surface area contributed by atoms with Crippen molar-refractivity contribution in [1.82, 2.24) is 4.57 Å². The van der Waals surface area contributed by atoms with Crippen LogP contribution in [0.4, 0.5) is 0 Å². The van der Waals surface area contributed by atoms with Crippen LogP contribution in [0, 0.1) is 0 Å². The molecule has 1 rings (SSSR count). The topological polar surface area (TPSA) is 8.81 Å². The van der Waals surface area contributed by atoms with E-state index in [9.17, 15) is 0 Å². The summed E-state index contributed by atoms with van der Waals surface area (Å²) in [4.78, 5) is 0. The molecule has 0 aromatic carbocycles. The number of imidazole rings is 1. The van der Waals surface area contributed by atoms with E-state index >= 15 is 0 Å². The summed E-state index contributed by atoms with van der Waals surface area (Å²) in [6.07, 6.45) is 37.0. The van der Waals surface area contributed by atoms with Gasteiger partial charge in [-0.15, -0.1) is 0 Å². The number of hydrogen-bond donors (Lipinski definition) is 0. The van der Waals surface area contributed by atoms with Crippen LogP contribution in [0.2, 0.25) is 0 Å². The highest BCUT2D eigenvalue weighted by Gasteiger charge is 2.16. The maximum atomic E-state index is 2.61. The predicted octanol–water partition coefficient (Wildman–Crippen LogP) is 9.96. The molecule has 0 N–H and O–H groups in total. The molecule has 1 heterocycles. The van der Waals surface area contributed by atoms with E-state index < -0.39 is 0 Å². The van der Waals surface area contributed by atoms with Gasteiger partial charge in [-0.05, 0) is 32.1 Å². The maximum Gasteiger partial charge on any atom is 0.256 e. The summed E-state index contributed by atoms with van der Waals surface area (Å²) in [6.45, 7) is 9.37. The van der Waals surface area contributed by atoms with Gasteiger partial charge >= 0.3 is 0 Å². The number of rotatable bonds is 25. The van der Waals surface area contributed by atoms with Gasteiger partial charge in [0.25, 0.3) is 5.82 Å². The molecule has 0 bridgehead atoms. The lowest BCUT2D eigenvalue weighted by Crippen LogP contribution is -2.37. The van der Waals surface area contributed by atoms with E-state index in [2.05, 4.69) is 42.3 Å². The molecule has 0 unspecified atom stereocenters. The number of aryl methyl sites for hydroxylation is 2. The van der Waals surface area contributed by atoms with Crippen LogP contribution in [0.3, 0.4) is 0 Å². The smallest absolute Gasteiger partial charge is 0.234 e. The molecule has 1 aromatic heterocycles. The van der Waals surface area contributed by atoms with E-state index in [1.165, 1.54) is 161 Å². The average Bonchev–Trinajstić information content (AvgIpc) is 3.21. The van der Waals surface area contributed by atoms with Crippen LogP contribution in [0.1, 0.15) is 168 Å². The Bertz CT molecular complexity index is 519. The third kappa shape index (κ3) is 16.5. The van der Waals surface area contributed by atoms with Gasteiger partial charge in [-0.1, -0.05) is 130 Å². The molecule has 33 heavy (non-hydrogen) atoms. The van der Waals surface area contributed by atoms with Crippen molar-refractivity contribution in [2.45, 2.75) is 182 Å². The van der Waals surface area contributed by atoms with Crippen LogP contribution in [-0.4, -0.2) is 4.57 Å².